The zero-order chi connectivity index (χ0) is 57.5. The zero-order valence-corrected chi connectivity index (χ0v) is 46.2. The number of nitrogens with zero attached hydrogens (tertiary/aromatic N) is 8. The Morgan fingerprint density at radius 1 is 0.322 bits per heavy atom. The van der Waals surface area contributed by atoms with Gasteiger partial charge in [-0.3, -0.25) is 0 Å². The van der Waals surface area contributed by atoms with Crippen molar-refractivity contribution in [3.05, 3.63) is 271 Å². The summed E-state index contributed by atoms with van der Waals surface area (Å²) in [5, 5.41) is 33.9. The molecule has 13 aromatic carbocycles. The summed E-state index contributed by atoms with van der Waals surface area (Å²) in [6.45, 7) is 15.6. The van der Waals surface area contributed by atoms with Crippen molar-refractivity contribution in [1.29, 1.82) is 10.5 Å². The van der Waals surface area contributed by atoms with Crippen LogP contribution in [-0.4, -0.2) is 25.0 Å². The molecule has 0 saturated heterocycles. The van der Waals surface area contributed by atoms with Gasteiger partial charge in [0.2, 0.25) is 6.71 Å². The van der Waals surface area contributed by atoms with E-state index in [4.69, 9.17) is 13.1 Å². The van der Waals surface area contributed by atoms with Gasteiger partial charge in [-0.15, -0.1) is 0 Å². The molecule has 0 bridgehead atoms. The Labute approximate surface area is 497 Å². The van der Waals surface area contributed by atoms with Gasteiger partial charge in [0.05, 0.1) is 80.5 Å². The maximum atomic E-state index is 10.1. The van der Waals surface area contributed by atoms with Gasteiger partial charge < -0.3 is 18.3 Å². The summed E-state index contributed by atoms with van der Waals surface area (Å²) < 4.78 is 9.60. The second kappa shape index (κ2) is 17.1. The first-order valence-electron chi connectivity index (χ1n) is 29.0. The molecule has 6 heterocycles. The van der Waals surface area contributed by atoms with E-state index >= 15 is 0 Å². The minimum atomic E-state index is -0.233. The van der Waals surface area contributed by atoms with Crippen LogP contribution in [0.5, 0.6) is 0 Å². The first kappa shape index (κ1) is 47.1. The Kier molecular flexibility index (Phi) is 9.27. The largest absolute Gasteiger partial charge is 0.309 e. The summed E-state index contributed by atoms with van der Waals surface area (Å²) in [5.41, 5.74) is 23.3. The standard InChI is InChI=1S/C78H39BN8/c1-82-46-26-34-49(35-27-46)85-67-21-10-6-15-55(67)73-69(85)41-61-71-63(39-59-53-13-4-8-19-65(53)87(78(59)61)51-36-28-47(83-2)29-37-51)79-62-38-58-52-12-3-7-18-64(52)86(50-32-24-45(43-81)25-33-50)77(58)60-40-68-72(74(70(60)62)56-16-11-17-57(75(71)73)76(56)79)54-14-5-9-20-66(54)84(68)48-30-22-44(42-80)23-31-48/h3-41H. The van der Waals surface area contributed by atoms with E-state index in [2.05, 4.69) is 228 Å². The monoisotopic (exact) mass is 1100 g/mol. The lowest BCUT2D eigenvalue weighted by Gasteiger charge is -2.35. The molecular formula is C78H39BN8. The smallest absolute Gasteiger partial charge is 0.244 e. The van der Waals surface area contributed by atoms with Crippen LogP contribution in [0.2, 0.25) is 0 Å². The van der Waals surface area contributed by atoms with Gasteiger partial charge in [0, 0.05) is 76.6 Å². The number of nitriles is 2. The van der Waals surface area contributed by atoms with E-state index in [0.29, 0.717) is 22.5 Å². The van der Waals surface area contributed by atoms with E-state index in [9.17, 15) is 10.5 Å². The lowest BCUT2D eigenvalue weighted by Crippen LogP contribution is -2.57. The summed E-state index contributed by atoms with van der Waals surface area (Å²) >= 11 is 0. The molecule has 0 radical (unpaired) electrons. The second-order valence-corrected chi connectivity index (χ2v) is 23.0. The third-order valence-corrected chi connectivity index (χ3v) is 19.0. The van der Waals surface area contributed by atoms with Crippen molar-refractivity contribution < 1.29 is 0 Å². The third-order valence-electron chi connectivity index (χ3n) is 19.0. The van der Waals surface area contributed by atoms with Crippen LogP contribution in [0, 0.1) is 35.8 Å². The highest BCUT2D eigenvalue weighted by Gasteiger charge is 2.43. The van der Waals surface area contributed by atoms with Gasteiger partial charge in [0.25, 0.3) is 0 Å². The zero-order valence-electron chi connectivity index (χ0n) is 46.2. The minimum absolute atomic E-state index is 0.233. The normalized spacial score (nSPS) is 12.3. The maximum Gasteiger partial charge on any atom is 0.244 e. The highest BCUT2D eigenvalue weighted by Crippen LogP contribution is 2.52. The highest BCUT2D eigenvalue weighted by molar-refractivity contribution is 7.02. The van der Waals surface area contributed by atoms with Gasteiger partial charge in [-0.05, 0) is 142 Å². The van der Waals surface area contributed by atoms with Gasteiger partial charge in [-0.25, -0.2) is 9.69 Å². The minimum Gasteiger partial charge on any atom is -0.309 e. The Bertz CT molecular complexity index is 5830. The van der Waals surface area contributed by atoms with Crippen LogP contribution >= 0.6 is 0 Å². The van der Waals surface area contributed by atoms with Gasteiger partial charge in [0.1, 0.15) is 0 Å². The van der Waals surface area contributed by atoms with Gasteiger partial charge in [-0.1, -0.05) is 144 Å². The SMILES string of the molecule is [C-]#[N+]c1ccc(-n2c3ccccc3c3c4c5c(cc6c7ccccc7n(-c7ccc([N+]#[C-])cc7)c6c5cc32)B2c3c(cccc3-4)-c3c4c2cc2c5ccccc5n(-c5ccc(C#N)cc5)c2c4cc2c3c3ccccc3n2-c2ccc(C#N)cc2)cc1. The fourth-order valence-corrected chi connectivity index (χ4v) is 15.6. The average Bonchev–Trinajstić information content (AvgIpc) is 1.56. The molecule has 0 amide bonds. The average molecular weight is 1100 g/mol. The molecule has 0 N–H and O–H groups in total. The number of benzene rings is 13. The van der Waals surface area contributed by atoms with Crippen LogP contribution in [0.15, 0.2) is 237 Å². The molecule has 2 aliphatic heterocycles. The Balaban J connectivity index is 1.06. The lowest BCUT2D eigenvalue weighted by molar-refractivity contribution is 1.18. The van der Waals surface area contributed by atoms with Gasteiger partial charge in [-0.2, -0.15) is 10.5 Å². The lowest BCUT2D eigenvalue weighted by atomic mass is 9.30. The molecule has 0 aliphatic carbocycles. The molecule has 0 atom stereocenters. The van der Waals surface area contributed by atoms with Crippen LogP contribution in [0.1, 0.15) is 11.1 Å². The predicted molar refractivity (Wildman–Crippen MR) is 356 cm³/mol. The van der Waals surface area contributed by atoms with E-state index in [0.717, 1.165) is 121 Å². The van der Waals surface area contributed by atoms with Crippen molar-refractivity contribution in [2.24, 2.45) is 0 Å². The summed E-state index contributed by atoms with van der Waals surface area (Å²) in [5.74, 6) is 0. The maximum absolute atomic E-state index is 10.1. The van der Waals surface area contributed by atoms with Crippen LogP contribution in [0.3, 0.4) is 0 Å². The van der Waals surface area contributed by atoms with Crippen molar-refractivity contribution >= 4 is 143 Å². The first-order chi connectivity index (χ1) is 43.0. The van der Waals surface area contributed by atoms with Crippen molar-refractivity contribution in [2.45, 2.75) is 0 Å². The first-order valence-corrected chi connectivity index (χ1v) is 29.0. The number of rotatable bonds is 4. The summed E-state index contributed by atoms with van der Waals surface area (Å²) in [4.78, 5) is 7.61. The summed E-state index contributed by atoms with van der Waals surface area (Å²) in [7, 11) is 0. The highest BCUT2D eigenvalue weighted by atomic mass is 15.0. The van der Waals surface area contributed by atoms with E-state index in [1.807, 2.05) is 48.5 Å². The molecule has 0 spiro atoms. The Morgan fingerprint density at radius 2 is 0.678 bits per heavy atom. The Hall–Kier alpha value is -12.4. The van der Waals surface area contributed by atoms with Gasteiger partial charge >= 0.3 is 0 Å². The van der Waals surface area contributed by atoms with Crippen molar-refractivity contribution in [3.8, 4) is 57.1 Å². The molecule has 17 aromatic rings. The van der Waals surface area contributed by atoms with Crippen molar-refractivity contribution in [3.63, 3.8) is 0 Å². The van der Waals surface area contributed by atoms with Crippen LogP contribution in [0.4, 0.5) is 11.4 Å². The molecule has 2 aliphatic rings. The quantitative estimate of drug-likeness (QED) is 0.130. The van der Waals surface area contributed by atoms with E-state index < -0.39 is 0 Å². The summed E-state index contributed by atoms with van der Waals surface area (Å²) in [6.07, 6.45) is 0. The molecule has 9 heteroatoms. The third kappa shape index (κ3) is 6.06. The molecule has 4 aromatic heterocycles. The molecule has 8 nitrogen and oxygen atoms in total. The topological polar surface area (TPSA) is 76.0 Å². The number of aromatic nitrogens is 4. The fourth-order valence-electron chi connectivity index (χ4n) is 15.6. The molecule has 19 rings (SSSR count). The van der Waals surface area contributed by atoms with Gasteiger partial charge in [0.15, 0.2) is 11.4 Å². The van der Waals surface area contributed by atoms with E-state index in [1.165, 1.54) is 49.4 Å². The molecule has 87 heavy (non-hydrogen) atoms. The summed E-state index contributed by atoms with van der Waals surface area (Å²) in [6, 6.07) is 88.7. The molecule has 394 valence electrons. The molecule has 0 unspecified atom stereocenters. The van der Waals surface area contributed by atoms with Crippen molar-refractivity contribution in [1.82, 2.24) is 18.3 Å². The van der Waals surface area contributed by atoms with Crippen molar-refractivity contribution in [2.75, 3.05) is 0 Å². The number of hydrogen-bond donors (Lipinski definition) is 0. The fraction of sp³-hybridized carbons (Fsp3) is 0. The molecule has 0 saturated carbocycles. The van der Waals surface area contributed by atoms with Crippen LogP contribution in [0.25, 0.3) is 163 Å². The second-order valence-electron chi connectivity index (χ2n) is 23.0. The molecule has 0 fully saturated rings. The predicted octanol–water partition coefficient (Wildman–Crippen LogP) is 17.7. The number of hydrogen-bond acceptors (Lipinski definition) is 2. The van der Waals surface area contributed by atoms with E-state index in [-0.39, 0.29) is 6.71 Å². The van der Waals surface area contributed by atoms with Crippen LogP contribution < -0.4 is 16.4 Å². The van der Waals surface area contributed by atoms with E-state index in [1.54, 1.807) is 0 Å². The Morgan fingerprint density at radius 3 is 1.07 bits per heavy atom. The number of fused-ring (bicyclic) bond motifs is 20. The van der Waals surface area contributed by atoms with Crippen LogP contribution in [-0.2, 0) is 0 Å². The number of para-hydroxylation sites is 4. The molecular weight excluding hydrogens is 1060 g/mol.